The molecule has 1 unspecified atom stereocenters. The number of hydrogen-bond donors (Lipinski definition) is 1. The average Bonchev–Trinajstić information content (AvgIpc) is 2.89. The number of carbonyl (C=O) groups is 2. The molecule has 1 aromatic carbocycles. The quantitative estimate of drug-likeness (QED) is 0.825. The molecule has 2 amide bonds. The van der Waals surface area contributed by atoms with Gasteiger partial charge in [0.1, 0.15) is 18.1 Å². The summed E-state index contributed by atoms with van der Waals surface area (Å²) in [4.78, 5) is 25.6. The van der Waals surface area contributed by atoms with Gasteiger partial charge in [-0.2, -0.15) is 0 Å². The van der Waals surface area contributed by atoms with Crippen LogP contribution in [0.25, 0.3) is 0 Å². The first kappa shape index (κ1) is 17.1. The fraction of sp³-hybridized carbons (Fsp3) is 0.529. The Kier molecular flexibility index (Phi) is 5.84. The lowest BCUT2D eigenvalue weighted by molar-refractivity contribution is -0.129. The van der Waals surface area contributed by atoms with Crippen molar-refractivity contribution in [2.24, 2.45) is 5.92 Å². The Hall–Kier alpha value is -2.24. The molecule has 0 bridgehead atoms. The van der Waals surface area contributed by atoms with Crippen LogP contribution in [0.15, 0.2) is 24.3 Å². The highest BCUT2D eigenvalue weighted by molar-refractivity contribution is 5.89. The third-order valence-electron chi connectivity index (χ3n) is 3.71. The number of methoxy groups -OCH3 is 1. The number of benzene rings is 1. The normalized spacial score (nSPS) is 17.5. The maximum atomic E-state index is 12.0. The van der Waals surface area contributed by atoms with Crippen molar-refractivity contribution in [2.75, 3.05) is 26.8 Å². The van der Waals surface area contributed by atoms with Crippen LogP contribution in [0.3, 0.4) is 0 Å². The van der Waals surface area contributed by atoms with Crippen LogP contribution in [0.2, 0.25) is 0 Å². The van der Waals surface area contributed by atoms with Gasteiger partial charge >= 0.3 is 0 Å². The van der Waals surface area contributed by atoms with Crippen LogP contribution in [-0.4, -0.2) is 49.6 Å². The molecule has 0 spiro atoms. The molecule has 1 heterocycles. The number of likely N-dealkylation sites (tertiary alicyclic amines) is 1. The molecule has 0 saturated carbocycles. The molecule has 0 aliphatic carbocycles. The van der Waals surface area contributed by atoms with E-state index in [9.17, 15) is 9.59 Å². The van der Waals surface area contributed by atoms with Gasteiger partial charge < -0.3 is 19.7 Å². The Balaban J connectivity index is 1.77. The molecule has 1 aromatic rings. The number of hydrogen-bond acceptors (Lipinski definition) is 4. The molecule has 1 saturated heterocycles. The summed E-state index contributed by atoms with van der Waals surface area (Å²) in [5, 5.41) is 2.86. The van der Waals surface area contributed by atoms with Gasteiger partial charge in [-0.05, 0) is 38.1 Å². The highest BCUT2D eigenvalue weighted by Crippen LogP contribution is 2.19. The van der Waals surface area contributed by atoms with Gasteiger partial charge in [0.2, 0.25) is 11.8 Å². The van der Waals surface area contributed by atoms with Crippen molar-refractivity contribution in [3.8, 4) is 11.5 Å². The van der Waals surface area contributed by atoms with E-state index in [0.29, 0.717) is 19.7 Å². The van der Waals surface area contributed by atoms with Gasteiger partial charge in [0.05, 0.1) is 19.6 Å². The van der Waals surface area contributed by atoms with Crippen molar-refractivity contribution < 1.29 is 19.1 Å². The first-order chi connectivity index (χ1) is 11.0. The predicted molar refractivity (Wildman–Crippen MR) is 86.5 cm³/mol. The first-order valence-electron chi connectivity index (χ1n) is 7.84. The van der Waals surface area contributed by atoms with Crippen molar-refractivity contribution in [2.45, 2.75) is 26.3 Å². The smallest absolute Gasteiger partial charge is 0.225 e. The second kappa shape index (κ2) is 7.85. The van der Waals surface area contributed by atoms with Crippen molar-refractivity contribution in [3.63, 3.8) is 0 Å². The summed E-state index contributed by atoms with van der Waals surface area (Å²) in [6.07, 6.45) is 0.279. The maximum absolute atomic E-state index is 12.0. The van der Waals surface area contributed by atoms with Gasteiger partial charge in [0, 0.05) is 19.0 Å². The van der Waals surface area contributed by atoms with Gasteiger partial charge in [0.15, 0.2) is 0 Å². The van der Waals surface area contributed by atoms with Crippen LogP contribution in [0.5, 0.6) is 11.5 Å². The van der Waals surface area contributed by atoms with Crippen molar-refractivity contribution >= 4 is 11.8 Å². The van der Waals surface area contributed by atoms with Crippen LogP contribution in [0.1, 0.15) is 20.3 Å². The molecule has 1 N–H and O–H groups in total. The molecule has 0 radical (unpaired) electrons. The molecule has 2 rings (SSSR count). The molecule has 1 aliphatic heterocycles. The van der Waals surface area contributed by atoms with E-state index in [1.807, 2.05) is 38.1 Å². The molecule has 23 heavy (non-hydrogen) atoms. The van der Waals surface area contributed by atoms with E-state index >= 15 is 0 Å². The number of nitrogens with one attached hydrogen (secondary N) is 1. The highest BCUT2D eigenvalue weighted by Gasteiger charge is 2.34. The van der Waals surface area contributed by atoms with E-state index in [2.05, 4.69) is 5.32 Å². The lowest BCUT2D eigenvalue weighted by Crippen LogP contribution is -2.37. The van der Waals surface area contributed by atoms with Gasteiger partial charge in [-0.3, -0.25) is 9.59 Å². The lowest BCUT2D eigenvalue weighted by Gasteiger charge is -2.17. The Bertz CT molecular complexity index is 542. The molecule has 1 aliphatic rings. The number of nitrogens with zero attached hydrogens (tertiary/aromatic N) is 1. The summed E-state index contributed by atoms with van der Waals surface area (Å²) in [6, 6.07) is 7.38. The third kappa shape index (κ3) is 4.87. The Morgan fingerprint density at radius 1 is 1.30 bits per heavy atom. The van der Waals surface area contributed by atoms with E-state index in [0.717, 1.165) is 11.5 Å². The summed E-state index contributed by atoms with van der Waals surface area (Å²) >= 11 is 0. The van der Waals surface area contributed by atoms with Gasteiger partial charge in [-0.15, -0.1) is 0 Å². The Morgan fingerprint density at radius 3 is 2.57 bits per heavy atom. The zero-order chi connectivity index (χ0) is 16.8. The van der Waals surface area contributed by atoms with Crippen LogP contribution in [0.4, 0.5) is 0 Å². The maximum Gasteiger partial charge on any atom is 0.225 e. The highest BCUT2D eigenvalue weighted by atomic mass is 16.5. The number of ether oxygens (including phenoxy) is 2. The van der Waals surface area contributed by atoms with Crippen molar-refractivity contribution in [1.82, 2.24) is 10.2 Å². The predicted octanol–water partition coefficient (Wildman–Crippen LogP) is 1.45. The number of rotatable bonds is 7. The van der Waals surface area contributed by atoms with Crippen LogP contribution >= 0.6 is 0 Å². The number of carbonyl (C=O) groups excluding carboxylic acids is 2. The molecule has 1 fully saturated rings. The monoisotopic (exact) mass is 320 g/mol. The minimum Gasteiger partial charge on any atom is -0.497 e. The molecular formula is C17H24N2O4. The summed E-state index contributed by atoms with van der Waals surface area (Å²) < 4.78 is 10.7. The molecule has 6 nitrogen and oxygen atoms in total. The zero-order valence-electron chi connectivity index (χ0n) is 13.9. The van der Waals surface area contributed by atoms with E-state index in [4.69, 9.17) is 9.47 Å². The second-order valence-electron chi connectivity index (χ2n) is 5.93. The van der Waals surface area contributed by atoms with E-state index in [-0.39, 0.29) is 30.2 Å². The SMILES string of the molecule is COc1ccc(OCCN2CC(C(=O)NC(C)C)CC2=O)cc1. The van der Waals surface area contributed by atoms with Gasteiger partial charge in [0.25, 0.3) is 0 Å². The van der Waals surface area contributed by atoms with Crippen molar-refractivity contribution in [3.05, 3.63) is 24.3 Å². The first-order valence-corrected chi connectivity index (χ1v) is 7.84. The molecule has 126 valence electrons. The Labute approximate surface area is 136 Å². The lowest BCUT2D eigenvalue weighted by atomic mass is 10.1. The fourth-order valence-corrected chi connectivity index (χ4v) is 2.51. The van der Waals surface area contributed by atoms with E-state index in [1.165, 1.54) is 0 Å². The average molecular weight is 320 g/mol. The van der Waals surface area contributed by atoms with Crippen molar-refractivity contribution in [1.29, 1.82) is 0 Å². The van der Waals surface area contributed by atoms with Gasteiger partial charge in [-0.25, -0.2) is 0 Å². The van der Waals surface area contributed by atoms with Gasteiger partial charge in [-0.1, -0.05) is 0 Å². The summed E-state index contributed by atoms with van der Waals surface area (Å²) in [6.45, 7) is 5.17. The zero-order valence-corrected chi connectivity index (χ0v) is 13.9. The number of amides is 2. The van der Waals surface area contributed by atoms with Crippen LogP contribution in [-0.2, 0) is 9.59 Å². The molecule has 0 aromatic heterocycles. The third-order valence-corrected chi connectivity index (χ3v) is 3.71. The standard InChI is InChI=1S/C17H24N2O4/c1-12(2)18-17(21)13-10-16(20)19(11-13)8-9-23-15-6-4-14(22-3)5-7-15/h4-7,12-13H,8-11H2,1-3H3,(H,18,21). The van der Waals surface area contributed by atoms with E-state index in [1.54, 1.807) is 12.0 Å². The van der Waals surface area contributed by atoms with Crippen LogP contribution in [0, 0.1) is 5.92 Å². The largest absolute Gasteiger partial charge is 0.497 e. The topological polar surface area (TPSA) is 67.9 Å². The molecule has 1 atom stereocenters. The molecular weight excluding hydrogens is 296 g/mol. The minimum absolute atomic E-state index is 0.00670. The van der Waals surface area contributed by atoms with E-state index < -0.39 is 0 Å². The Morgan fingerprint density at radius 2 is 1.96 bits per heavy atom. The summed E-state index contributed by atoms with van der Waals surface area (Å²) in [5.74, 6) is 1.20. The fourth-order valence-electron chi connectivity index (χ4n) is 2.51. The molecule has 6 heteroatoms. The summed E-state index contributed by atoms with van der Waals surface area (Å²) in [5.41, 5.74) is 0. The van der Waals surface area contributed by atoms with Crippen LogP contribution < -0.4 is 14.8 Å². The second-order valence-corrected chi connectivity index (χ2v) is 5.93. The summed E-state index contributed by atoms with van der Waals surface area (Å²) in [7, 11) is 1.61. The minimum atomic E-state index is -0.258.